The molecule has 0 aromatic heterocycles. The van der Waals surface area contributed by atoms with Crippen LogP contribution in [0.15, 0.2) is 0 Å². The molecular weight excluding hydrogens is 266 g/mol. The summed E-state index contributed by atoms with van der Waals surface area (Å²) >= 11 is 0. The molecule has 1 aromatic carbocycles. The largest absolute Gasteiger partial charge is 0.314 e. The zero-order valence-electron chi connectivity index (χ0n) is 17.0. The van der Waals surface area contributed by atoms with Crippen LogP contribution in [0.25, 0.3) is 0 Å². The zero-order valence-corrected chi connectivity index (χ0v) is 17.0. The number of benzene rings is 1. The Hall–Kier alpha value is -0.820. The lowest BCUT2D eigenvalue weighted by Crippen LogP contribution is -2.58. The molecule has 22 heavy (non-hydrogen) atoms. The molecule has 1 nitrogen and oxygen atoms in total. The maximum atomic E-state index is 3.54. The molecule has 0 aliphatic rings. The van der Waals surface area contributed by atoms with Crippen molar-refractivity contribution in [3.8, 4) is 0 Å². The van der Waals surface area contributed by atoms with Crippen LogP contribution in [0.2, 0.25) is 0 Å². The van der Waals surface area contributed by atoms with Crippen LogP contribution in [-0.4, -0.2) is 12.6 Å². The molecule has 0 unspecified atom stereocenters. The van der Waals surface area contributed by atoms with E-state index in [0.717, 1.165) is 0 Å². The van der Waals surface area contributed by atoms with Gasteiger partial charge in [-0.1, -0.05) is 27.7 Å². The zero-order chi connectivity index (χ0) is 17.7. The highest BCUT2D eigenvalue weighted by molar-refractivity contribution is 5.53. The second-order valence-corrected chi connectivity index (χ2v) is 8.62. The summed E-state index contributed by atoms with van der Waals surface area (Å²) in [5.41, 5.74) is 9.00. The van der Waals surface area contributed by atoms with Crippen LogP contribution < -0.4 is 5.32 Å². The minimum Gasteiger partial charge on any atom is -0.314 e. The van der Waals surface area contributed by atoms with Gasteiger partial charge in [0.1, 0.15) is 0 Å². The van der Waals surface area contributed by atoms with Gasteiger partial charge in [-0.3, -0.25) is 0 Å². The van der Waals surface area contributed by atoms with Crippen LogP contribution in [-0.2, 0) is 5.41 Å². The number of rotatable bonds is 4. The van der Waals surface area contributed by atoms with Crippen molar-refractivity contribution in [2.45, 2.75) is 87.1 Å². The van der Waals surface area contributed by atoms with Gasteiger partial charge in [0.2, 0.25) is 0 Å². The lowest BCUT2D eigenvalue weighted by molar-refractivity contribution is 0.0730. The van der Waals surface area contributed by atoms with E-state index in [9.17, 15) is 0 Å². The lowest BCUT2D eigenvalue weighted by atomic mass is 9.54. The number of hydrogen-bond acceptors (Lipinski definition) is 1. The van der Waals surface area contributed by atoms with Gasteiger partial charge >= 0.3 is 0 Å². The topological polar surface area (TPSA) is 12.0 Å². The van der Waals surface area contributed by atoms with Crippen molar-refractivity contribution in [1.82, 2.24) is 5.32 Å². The van der Waals surface area contributed by atoms with Crippen LogP contribution in [0.4, 0.5) is 0 Å². The summed E-state index contributed by atoms with van der Waals surface area (Å²) < 4.78 is 0. The third-order valence-corrected chi connectivity index (χ3v) is 7.38. The van der Waals surface area contributed by atoms with E-state index < -0.39 is 0 Å². The highest BCUT2D eigenvalue weighted by atomic mass is 15.0. The predicted molar refractivity (Wildman–Crippen MR) is 100 cm³/mol. The fraction of sp³-hybridized carbons (Fsp3) is 0.714. The van der Waals surface area contributed by atoms with Crippen molar-refractivity contribution < 1.29 is 0 Å². The van der Waals surface area contributed by atoms with E-state index in [4.69, 9.17) is 0 Å². The first-order valence-corrected chi connectivity index (χ1v) is 8.50. The van der Waals surface area contributed by atoms with Gasteiger partial charge in [-0.25, -0.2) is 0 Å². The summed E-state index contributed by atoms with van der Waals surface area (Å²) in [6, 6.07) is 0. The van der Waals surface area contributed by atoms with E-state index >= 15 is 0 Å². The average Bonchev–Trinajstić information content (AvgIpc) is 2.42. The van der Waals surface area contributed by atoms with Crippen molar-refractivity contribution in [1.29, 1.82) is 0 Å². The number of nitrogens with one attached hydrogen (secondary N) is 1. The minimum atomic E-state index is 0.0437. The Labute approximate surface area is 138 Å². The summed E-state index contributed by atoms with van der Waals surface area (Å²) in [4.78, 5) is 0. The molecule has 0 aliphatic carbocycles. The molecule has 0 heterocycles. The van der Waals surface area contributed by atoms with E-state index in [0.29, 0.717) is 0 Å². The highest BCUT2D eigenvalue weighted by Crippen LogP contribution is 2.50. The first-order chi connectivity index (χ1) is 9.74. The Balaban J connectivity index is 3.74. The van der Waals surface area contributed by atoms with Crippen LogP contribution in [0, 0.1) is 40.0 Å². The Morgan fingerprint density at radius 3 is 1.23 bits per heavy atom. The van der Waals surface area contributed by atoms with Gasteiger partial charge in [0.15, 0.2) is 0 Å². The van der Waals surface area contributed by atoms with Gasteiger partial charge in [-0.15, -0.1) is 0 Å². The summed E-state index contributed by atoms with van der Waals surface area (Å²) in [5.74, 6) is 0. The van der Waals surface area contributed by atoms with Crippen molar-refractivity contribution in [3.05, 3.63) is 33.4 Å². The molecule has 0 saturated carbocycles. The molecule has 126 valence electrons. The van der Waals surface area contributed by atoms with Gasteiger partial charge < -0.3 is 5.32 Å². The summed E-state index contributed by atoms with van der Waals surface area (Å²) in [6.45, 7) is 25.6. The maximum Gasteiger partial charge on any atom is 0.0181 e. The normalized spacial score (nSPS) is 13.6. The van der Waals surface area contributed by atoms with Gasteiger partial charge in [0, 0.05) is 5.54 Å². The van der Waals surface area contributed by atoms with Crippen molar-refractivity contribution >= 4 is 0 Å². The summed E-state index contributed by atoms with van der Waals surface area (Å²) in [7, 11) is 2.07. The van der Waals surface area contributed by atoms with Crippen molar-refractivity contribution in [2.24, 2.45) is 5.41 Å². The molecule has 0 spiro atoms. The molecule has 1 heteroatoms. The van der Waals surface area contributed by atoms with Crippen LogP contribution in [0.3, 0.4) is 0 Å². The predicted octanol–water partition coefficient (Wildman–Crippen LogP) is 5.53. The minimum absolute atomic E-state index is 0.0437. The lowest BCUT2D eigenvalue weighted by Gasteiger charge is -2.53. The van der Waals surface area contributed by atoms with Crippen molar-refractivity contribution in [2.75, 3.05) is 7.05 Å². The van der Waals surface area contributed by atoms with Gasteiger partial charge in [0.25, 0.3) is 0 Å². The maximum absolute atomic E-state index is 3.54. The van der Waals surface area contributed by atoms with E-state index in [-0.39, 0.29) is 16.4 Å². The molecule has 0 saturated heterocycles. The third-order valence-electron chi connectivity index (χ3n) is 7.38. The molecular formula is C21H37N. The van der Waals surface area contributed by atoms with Gasteiger partial charge in [-0.2, -0.15) is 0 Å². The van der Waals surface area contributed by atoms with Crippen LogP contribution >= 0.6 is 0 Å². The Kier molecular flexibility index (Phi) is 4.96. The van der Waals surface area contributed by atoms with E-state index in [1.165, 1.54) is 33.4 Å². The Morgan fingerprint density at radius 1 is 0.591 bits per heavy atom. The van der Waals surface area contributed by atoms with Crippen molar-refractivity contribution in [3.63, 3.8) is 0 Å². The summed E-state index contributed by atoms with van der Waals surface area (Å²) in [6.07, 6.45) is 0. The average molecular weight is 304 g/mol. The fourth-order valence-corrected chi connectivity index (χ4v) is 3.84. The molecule has 0 fully saturated rings. The second-order valence-electron chi connectivity index (χ2n) is 8.62. The van der Waals surface area contributed by atoms with Gasteiger partial charge in [-0.05, 0) is 99.7 Å². The summed E-state index contributed by atoms with van der Waals surface area (Å²) in [5, 5.41) is 3.54. The van der Waals surface area contributed by atoms with Crippen LogP contribution in [0.5, 0.6) is 0 Å². The molecule has 0 radical (unpaired) electrons. The number of hydrogen-bond donors (Lipinski definition) is 1. The Morgan fingerprint density at radius 2 is 0.909 bits per heavy atom. The van der Waals surface area contributed by atoms with E-state index in [2.05, 4.69) is 88.5 Å². The molecule has 0 bridgehead atoms. The molecule has 1 rings (SSSR count). The monoisotopic (exact) mass is 303 g/mol. The Bertz CT molecular complexity index is 545. The van der Waals surface area contributed by atoms with E-state index in [1.54, 1.807) is 0 Å². The quantitative estimate of drug-likeness (QED) is 0.771. The SMILES string of the molecule is CNC(C)(C)C(C)(C)C(C)(C)c1c(C)c(C)c(C)c(C)c1C. The molecule has 1 aromatic rings. The molecule has 1 N–H and O–H groups in total. The molecule has 0 atom stereocenters. The van der Waals surface area contributed by atoms with E-state index in [1.807, 2.05) is 0 Å². The molecule has 0 aliphatic heterocycles. The third kappa shape index (κ3) is 2.52. The highest BCUT2D eigenvalue weighted by Gasteiger charge is 2.49. The molecule has 0 amide bonds. The first-order valence-electron chi connectivity index (χ1n) is 8.50. The smallest absolute Gasteiger partial charge is 0.0181 e. The second kappa shape index (κ2) is 5.67. The van der Waals surface area contributed by atoms with Gasteiger partial charge in [0.05, 0.1) is 0 Å². The first kappa shape index (κ1) is 19.2. The fourth-order valence-electron chi connectivity index (χ4n) is 3.84. The standard InChI is InChI=1S/C21H37N/c1-13-14(2)16(4)18(17(5)15(13)3)19(6,7)20(8,9)21(10,11)22-12/h22H,1-12H3. The van der Waals surface area contributed by atoms with Crippen LogP contribution in [0.1, 0.15) is 74.9 Å².